The Morgan fingerprint density at radius 2 is 1.80 bits per heavy atom. The van der Waals surface area contributed by atoms with Crippen LogP contribution in [0.1, 0.15) is 10.4 Å². The van der Waals surface area contributed by atoms with Gasteiger partial charge in [0.2, 0.25) is 0 Å². The fraction of sp³-hybridized carbons (Fsp3) is 0. The van der Waals surface area contributed by atoms with Crippen LogP contribution in [0.4, 0.5) is 5.69 Å². The van der Waals surface area contributed by atoms with Crippen molar-refractivity contribution in [3.63, 3.8) is 0 Å². The first-order valence-electron chi connectivity index (χ1n) is 6.13. The van der Waals surface area contributed by atoms with Crippen LogP contribution in [0.5, 0.6) is 0 Å². The smallest absolute Gasteiger partial charge is 0.335 e. The van der Waals surface area contributed by atoms with Crippen LogP contribution in [0.2, 0.25) is 0 Å². The topological polar surface area (TPSA) is 76.2 Å². The van der Waals surface area contributed by atoms with Crippen LogP contribution in [0, 0.1) is 0 Å². The van der Waals surface area contributed by atoms with Crippen LogP contribution >= 0.6 is 0 Å². The van der Waals surface area contributed by atoms with Gasteiger partial charge in [-0.15, -0.1) is 0 Å². The Morgan fingerprint density at radius 1 is 1.05 bits per heavy atom. The molecule has 4 nitrogen and oxygen atoms in total. The van der Waals surface area contributed by atoms with Crippen molar-refractivity contribution in [2.45, 2.75) is 0 Å². The predicted octanol–water partition coefficient (Wildman–Crippen LogP) is 3.18. The standard InChI is InChI=1S/C16H12N2O2/c17-15-13(6-5-12-9-18-8-7-14(12)15)10-1-3-11(4-2-10)16(19)20/h1-9H,17H2,(H,19,20). The fourth-order valence-electron chi connectivity index (χ4n) is 2.24. The number of aromatic nitrogens is 1. The molecule has 98 valence electrons. The zero-order valence-corrected chi connectivity index (χ0v) is 10.6. The second-order valence-corrected chi connectivity index (χ2v) is 4.51. The minimum Gasteiger partial charge on any atom is -0.478 e. The number of nitrogens with two attached hydrogens (primary N) is 1. The zero-order valence-electron chi connectivity index (χ0n) is 10.6. The highest BCUT2D eigenvalue weighted by Crippen LogP contribution is 2.32. The molecule has 0 atom stereocenters. The number of carboxylic acid groups (broad SMARTS) is 1. The van der Waals surface area contributed by atoms with E-state index in [0.717, 1.165) is 21.9 Å². The lowest BCUT2D eigenvalue weighted by atomic mass is 9.99. The van der Waals surface area contributed by atoms with Crippen LogP contribution in [-0.2, 0) is 0 Å². The SMILES string of the molecule is Nc1c(-c2ccc(C(=O)O)cc2)ccc2cnccc12. The molecule has 0 aliphatic rings. The van der Waals surface area contributed by atoms with Gasteiger partial charge in [-0.1, -0.05) is 24.3 Å². The third-order valence-corrected chi connectivity index (χ3v) is 3.30. The van der Waals surface area contributed by atoms with Crippen molar-refractivity contribution in [1.29, 1.82) is 0 Å². The maximum atomic E-state index is 10.9. The minimum absolute atomic E-state index is 0.261. The Hall–Kier alpha value is -2.88. The number of hydrogen-bond acceptors (Lipinski definition) is 3. The minimum atomic E-state index is -0.936. The quantitative estimate of drug-likeness (QED) is 0.697. The van der Waals surface area contributed by atoms with Crippen LogP contribution in [-0.4, -0.2) is 16.1 Å². The van der Waals surface area contributed by atoms with Crippen LogP contribution in [0.15, 0.2) is 54.9 Å². The summed E-state index contributed by atoms with van der Waals surface area (Å²) in [5, 5.41) is 10.8. The van der Waals surface area contributed by atoms with Crippen molar-refractivity contribution >= 4 is 22.4 Å². The van der Waals surface area contributed by atoms with Crippen molar-refractivity contribution in [2.24, 2.45) is 0 Å². The van der Waals surface area contributed by atoms with Gasteiger partial charge in [0.1, 0.15) is 0 Å². The van der Waals surface area contributed by atoms with E-state index >= 15 is 0 Å². The molecule has 0 unspecified atom stereocenters. The van der Waals surface area contributed by atoms with Gasteiger partial charge in [-0.05, 0) is 23.8 Å². The molecule has 0 saturated carbocycles. The summed E-state index contributed by atoms with van der Waals surface area (Å²) in [4.78, 5) is 14.9. The largest absolute Gasteiger partial charge is 0.478 e. The maximum Gasteiger partial charge on any atom is 0.335 e. The summed E-state index contributed by atoms with van der Waals surface area (Å²) in [6.07, 6.45) is 3.47. The Bertz CT molecular complexity index is 795. The first-order valence-corrected chi connectivity index (χ1v) is 6.13. The number of aromatic carboxylic acids is 1. The molecule has 2 aromatic carbocycles. The van der Waals surface area contributed by atoms with E-state index in [1.54, 1.807) is 36.7 Å². The van der Waals surface area contributed by atoms with E-state index in [2.05, 4.69) is 4.98 Å². The monoisotopic (exact) mass is 264 g/mol. The Balaban J connectivity index is 2.14. The number of benzene rings is 2. The lowest BCUT2D eigenvalue weighted by Gasteiger charge is -2.09. The van der Waals surface area contributed by atoms with Gasteiger partial charge < -0.3 is 10.8 Å². The molecule has 0 radical (unpaired) electrons. The number of nitrogen functional groups attached to an aromatic ring is 1. The van der Waals surface area contributed by atoms with Crippen molar-refractivity contribution in [3.8, 4) is 11.1 Å². The number of pyridine rings is 1. The summed E-state index contributed by atoms with van der Waals surface area (Å²) in [6.45, 7) is 0. The van der Waals surface area contributed by atoms with E-state index in [1.165, 1.54) is 0 Å². The highest BCUT2D eigenvalue weighted by Gasteiger charge is 2.08. The van der Waals surface area contributed by atoms with Crippen LogP contribution in [0.3, 0.4) is 0 Å². The molecule has 3 rings (SSSR count). The summed E-state index contributed by atoms with van der Waals surface area (Å²) in [6, 6.07) is 12.4. The summed E-state index contributed by atoms with van der Waals surface area (Å²) in [7, 11) is 0. The van der Waals surface area contributed by atoms with E-state index in [1.807, 2.05) is 18.2 Å². The lowest BCUT2D eigenvalue weighted by molar-refractivity contribution is 0.0697. The molecule has 0 spiro atoms. The number of anilines is 1. The van der Waals surface area contributed by atoms with Gasteiger partial charge in [-0.2, -0.15) is 0 Å². The predicted molar refractivity (Wildman–Crippen MR) is 78.6 cm³/mol. The summed E-state index contributed by atoms with van der Waals surface area (Å²) >= 11 is 0. The molecule has 1 aromatic heterocycles. The molecule has 20 heavy (non-hydrogen) atoms. The van der Waals surface area contributed by atoms with Gasteiger partial charge >= 0.3 is 5.97 Å². The molecule has 1 heterocycles. The molecule has 4 heteroatoms. The van der Waals surface area contributed by atoms with Gasteiger partial charge in [0.05, 0.1) is 5.56 Å². The van der Waals surface area contributed by atoms with Crippen LogP contribution < -0.4 is 5.73 Å². The van der Waals surface area contributed by atoms with Crippen LogP contribution in [0.25, 0.3) is 21.9 Å². The molecule has 3 N–H and O–H groups in total. The number of nitrogens with zero attached hydrogens (tertiary/aromatic N) is 1. The zero-order chi connectivity index (χ0) is 14.1. The molecule has 0 amide bonds. The first kappa shape index (κ1) is 12.2. The summed E-state index contributed by atoms with van der Waals surface area (Å²) < 4.78 is 0. The van der Waals surface area contributed by atoms with Crippen molar-refractivity contribution < 1.29 is 9.90 Å². The van der Waals surface area contributed by atoms with Gasteiger partial charge in [0.25, 0.3) is 0 Å². The van der Waals surface area contributed by atoms with Gasteiger partial charge in [-0.3, -0.25) is 4.98 Å². The number of rotatable bonds is 2. The number of hydrogen-bond donors (Lipinski definition) is 2. The molecular weight excluding hydrogens is 252 g/mol. The fourth-order valence-corrected chi connectivity index (χ4v) is 2.24. The third kappa shape index (κ3) is 1.97. The second kappa shape index (κ2) is 4.66. The Morgan fingerprint density at radius 3 is 2.50 bits per heavy atom. The van der Waals surface area contributed by atoms with Crippen molar-refractivity contribution in [1.82, 2.24) is 4.98 Å². The third-order valence-electron chi connectivity index (χ3n) is 3.30. The normalized spacial score (nSPS) is 10.6. The van der Waals surface area contributed by atoms with E-state index in [0.29, 0.717) is 5.69 Å². The molecular formula is C16H12N2O2. The molecule has 0 aliphatic heterocycles. The van der Waals surface area contributed by atoms with Gasteiger partial charge in [0.15, 0.2) is 0 Å². The van der Waals surface area contributed by atoms with Crippen molar-refractivity contribution in [2.75, 3.05) is 5.73 Å². The molecule has 0 bridgehead atoms. The number of carboxylic acids is 1. The van der Waals surface area contributed by atoms with E-state index in [-0.39, 0.29) is 5.56 Å². The average molecular weight is 264 g/mol. The molecule has 0 aliphatic carbocycles. The molecule has 3 aromatic rings. The van der Waals surface area contributed by atoms with Gasteiger partial charge in [0, 0.05) is 34.4 Å². The van der Waals surface area contributed by atoms with E-state index < -0.39 is 5.97 Å². The molecule has 0 saturated heterocycles. The number of fused-ring (bicyclic) bond motifs is 1. The van der Waals surface area contributed by atoms with E-state index in [9.17, 15) is 4.79 Å². The van der Waals surface area contributed by atoms with Gasteiger partial charge in [-0.25, -0.2) is 4.79 Å². The van der Waals surface area contributed by atoms with Crippen molar-refractivity contribution in [3.05, 3.63) is 60.4 Å². The highest BCUT2D eigenvalue weighted by molar-refractivity contribution is 6.00. The highest BCUT2D eigenvalue weighted by atomic mass is 16.4. The second-order valence-electron chi connectivity index (χ2n) is 4.51. The number of carbonyl (C=O) groups is 1. The maximum absolute atomic E-state index is 10.9. The average Bonchev–Trinajstić information content (AvgIpc) is 2.48. The lowest BCUT2D eigenvalue weighted by Crippen LogP contribution is -1.96. The Labute approximate surface area is 115 Å². The summed E-state index contributed by atoms with van der Waals surface area (Å²) in [5.41, 5.74) is 8.92. The first-order chi connectivity index (χ1) is 9.66. The summed E-state index contributed by atoms with van der Waals surface area (Å²) in [5.74, 6) is -0.936. The Kier molecular flexibility index (Phi) is 2.84. The molecule has 0 fully saturated rings. The van der Waals surface area contributed by atoms with E-state index in [4.69, 9.17) is 10.8 Å².